The van der Waals surface area contributed by atoms with E-state index in [0.717, 1.165) is 0 Å². The lowest BCUT2D eigenvalue weighted by molar-refractivity contribution is 0.115. The second-order valence-corrected chi connectivity index (χ2v) is 8.48. The van der Waals surface area contributed by atoms with E-state index in [1.807, 2.05) is 0 Å². The van der Waals surface area contributed by atoms with Gasteiger partial charge < -0.3 is 14.3 Å². The number of nitrogens with zero attached hydrogens (tertiary/aromatic N) is 3. The first kappa shape index (κ1) is 19.7. The highest BCUT2D eigenvalue weighted by Gasteiger charge is 2.56. The highest BCUT2D eigenvalue weighted by Crippen LogP contribution is 2.50. The van der Waals surface area contributed by atoms with E-state index in [4.69, 9.17) is 0 Å². The lowest BCUT2D eigenvalue weighted by Crippen LogP contribution is -2.74. The van der Waals surface area contributed by atoms with Crippen molar-refractivity contribution in [3.05, 3.63) is 23.4 Å². The van der Waals surface area contributed by atoms with E-state index in [1.54, 1.807) is 11.3 Å². The number of hydrogen-bond acceptors (Lipinski definition) is 3. The number of rotatable bonds is 1. The van der Waals surface area contributed by atoms with Crippen molar-refractivity contribution in [3.63, 3.8) is 0 Å². The zero-order valence-electron chi connectivity index (χ0n) is 17.4. The zero-order valence-corrected chi connectivity index (χ0v) is 17.4. The third kappa shape index (κ3) is 2.99. The molecule has 1 unspecified atom stereocenters. The normalized spacial score (nSPS) is 26.6. The van der Waals surface area contributed by atoms with Gasteiger partial charge in [-0.05, 0) is 31.5 Å². The fourth-order valence-electron chi connectivity index (χ4n) is 5.01. The van der Waals surface area contributed by atoms with Crippen molar-refractivity contribution >= 4 is 14.0 Å². The van der Waals surface area contributed by atoms with Crippen molar-refractivity contribution in [3.8, 4) is 0 Å². The topological polar surface area (TPSA) is 9.72 Å². The van der Waals surface area contributed by atoms with E-state index in [2.05, 4.69) is 88.7 Å². The minimum absolute atomic E-state index is 0.201. The summed E-state index contributed by atoms with van der Waals surface area (Å²) in [5, 5.41) is 0. The molecule has 0 aromatic carbocycles. The maximum Gasteiger partial charge on any atom is 0.330 e. The summed E-state index contributed by atoms with van der Waals surface area (Å²) in [5.74, 6) is 0. The molecule has 3 aliphatic rings. The molecule has 0 amide bonds. The minimum atomic E-state index is 0.201. The summed E-state index contributed by atoms with van der Waals surface area (Å²) in [6, 6.07) is 0.560. The van der Waals surface area contributed by atoms with Crippen molar-refractivity contribution in [2.45, 2.75) is 86.7 Å². The van der Waals surface area contributed by atoms with Gasteiger partial charge in [-0.15, -0.1) is 0 Å². The van der Waals surface area contributed by atoms with Crippen LogP contribution in [0.2, 0.25) is 13.6 Å². The van der Waals surface area contributed by atoms with Crippen LogP contribution in [0.5, 0.6) is 0 Å². The van der Waals surface area contributed by atoms with Crippen LogP contribution in [0.1, 0.15) is 60.8 Å². The maximum absolute atomic E-state index is 2.71. The molecular formula is C19H37B2N3. The van der Waals surface area contributed by atoms with E-state index in [9.17, 15) is 0 Å². The standard InChI is InChI=1S/C16H29B2N3.C3H8/c1-12(2)21-17(5)19(7)15-16(3,4)13-10-8-9-11-14(13)20(15)18(21)6;1-3-2/h8,10,12,15H,9,11H2,1-7H3;3H2,1-2H3. The molecule has 3 rings (SSSR count). The Labute approximate surface area is 151 Å². The van der Waals surface area contributed by atoms with Gasteiger partial charge in [-0.2, -0.15) is 0 Å². The zero-order chi connectivity index (χ0) is 18.2. The molecule has 0 radical (unpaired) electrons. The van der Waals surface area contributed by atoms with E-state index in [0.29, 0.717) is 26.2 Å². The molecule has 0 bridgehead atoms. The predicted molar refractivity (Wildman–Crippen MR) is 109 cm³/mol. The van der Waals surface area contributed by atoms with Crippen molar-refractivity contribution < 1.29 is 0 Å². The van der Waals surface area contributed by atoms with Gasteiger partial charge in [0.15, 0.2) is 0 Å². The predicted octanol–water partition coefficient (Wildman–Crippen LogP) is 4.57. The Kier molecular flexibility index (Phi) is 5.97. The summed E-state index contributed by atoms with van der Waals surface area (Å²) >= 11 is 0. The molecule has 1 atom stereocenters. The Morgan fingerprint density at radius 1 is 1.21 bits per heavy atom. The molecule has 1 aliphatic carbocycles. The first-order valence-corrected chi connectivity index (χ1v) is 9.87. The molecule has 2 heterocycles. The lowest BCUT2D eigenvalue weighted by atomic mass is 9.54. The van der Waals surface area contributed by atoms with Crippen LogP contribution < -0.4 is 0 Å². The Balaban J connectivity index is 0.000000647. The van der Waals surface area contributed by atoms with Gasteiger partial charge in [-0.25, -0.2) is 0 Å². The molecule has 0 aromatic heterocycles. The first-order valence-electron chi connectivity index (χ1n) is 9.87. The van der Waals surface area contributed by atoms with E-state index in [1.165, 1.54) is 19.3 Å². The van der Waals surface area contributed by atoms with Crippen molar-refractivity contribution in [2.75, 3.05) is 7.05 Å². The lowest BCUT2D eigenvalue weighted by Gasteiger charge is -2.56. The number of hydrogen-bond donors (Lipinski definition) is 0. The molecule has 0 N–H and O–H groups in total. The Morgan fingerprint density at radius 3 is 2.33 bits per heavy atom. The SMILES string of the molecule is CB1N(C)C2N(B(C)N1C(C)C)C1=C(C=CCC1)C2(C)C.CCC. The largest absolute Gasteiger partial charge is 0.390 e. The molecular weight excluding hydrogens is 292 g/mol. The van der Waals surface area contributed by atoms with Crippen molar-refractivity contribution in [2.24, 2.45) is 5.41 Å². The first-order chi connectivity index (χ1) is 11.2. The highest BCUT2D eigenvalue weighted by molar-refractivity contribution is 6.70. The average molecular weight is 329 g/mol. The third-order valence-electron chi connectivity index (χ3n) is 5.90. The van der Waals surface area contributed by atoms with Crippen molar-refractivity contribution in [1.29, 1.82) is 0 Å². The van der Waals surface area contributed by atoms with Crippen LogP contribution in [-0.2, 0) is 0 Å². The van der Waals surface area contributed by atoms with E-state index in [-0.39, 0.29) is 5.41 Å². The number of allylic oxidation sites excluding steroid dienone is 3. The molecule has 134 valence electrons. The molecule has 2 aliphatic heterocycles. The van der Waals surface area contributed by atoms with Crippen LogP contribution in [0, 0.1) is 5.41 Å². The van der Waals surface area contributed by atoms with Gasteiger partial charge in [-0.1, -0.05) is 73.8 Å². The summed E-state index contributed by atoms with van der Waals surface area (Å²) in [5.41, 5.74) is 3.35. The van der Waals surface area contributed by atoms with Crippen LogP contribution >= 0.6 is 0 Å². The summed E-state index contributed by atoms with van der Waals surface area (Å²) in [4.78, 5) is 5.28. The monoisotopic (exact) mass is 329 g/mol. The summed E-state index contributed by atoms with van der Waals surface area (Å²) < 4.78 is 2.64. The van der Waals surface area contributed by atoms with Gasteiger partial charge >= 0.3 is 6.98 Å². The second-order valence-electron chi connectivity index (χ2n) is 8.48. The fraction of sp³-hybridized carbons (Fsp3) is 0.789. The van der Waals surface area contributed by atoms with Crippen LogP contribution in [0.4, 0.5) is 0 Å². The molecule has 0 spiro atoms. The van der Waals surface area contributed by atoms with Gasteiger partial charge in [0.2, 0.25) is 0 Å². The molecule has 0 saturated carbocycles. The summed E-state index contributed by atoms with van der Waals surface area (Å²) in [6.07, 6.45) is 8.86. The highest BCUT2D eigenvalue weighted by atomic mass is 15.4. The second kappa shape index (κ2) is 7.29. The van der Waals surface area contributed by atoms with Gasteiger partial charge in [0.1, 0.15) is 0 Å². The Morgan fingerprint density at radius 2 is 1.79 bits per heavy atom. The third-order valence-corrected chi connectivity index (χ3v) is 5.90. The molecule has 1 fully saturated rings. The molecule has 5 heteroatoms. The number of fused-ring (bicyclic) bond motifs is 2. The van der Waals surface area contributed by atoms with Crippen molar-refractivity contribution in [1.82, 2.24) is 14.3 Å². The van der Waals surface area contributed by atoms with E-state index >= 15 is 0 Å². The summed E-state index contributed by atoms with van der Waals surface area (Å²) in [6.45, 7) is 19.4. The maximum atomic E-state index is 2.71. The minimum Gasteiger partial charge on any atom is -0.390 e. The van der Waals surface area contributed by atoms with Gasteiger partial charge in [-0.3, -0.25) is 0 Å². The van der Waals surface area contributed by atoms with Crippen LogP contribution in [0.15, 0.2) is 23.4 Å². The van der Waals surface area contributed by atoms with Crippen LogP contribution in [-0.4, -0.2) is 47.6 Å². The quantitative estimate of drug-likeness (QED) is 0.653. The van der Waals surface area contributed by atoms with Gasteiger partial charge in [0, 0.05) is 11.1 Å². The molecule has 24 heavy (non-hydrogen) atoms. The summed E-state index contributed by atoms with van der Waals surface area (Å²) in [7, 11) is 2.30. The Bertz CT molecular complexity index is 513. The molecule has 1 saturated heterocycles. The average Bonchev–Trinajstić information content (AvgIpc) is 2.74. The van der Waals surface area contributed by atoms with Gasteiger partial charge in [0.05, 0.1) is 6.17 Å². The van der Waals surface area contributed by atoms with Crippen LogP contribution in [0.3, 0.4) is 0 Å². The van der Waals surface area contributed by atoms with Crippen LogP contribution in [0.25, 0.3) is 0 Å². The smallest absolute Gasteiger partial charge is 0.330 e. The Hall–Kier alpha value is -0.670. The molecule has 3 nitrogen and oxygen atoms in total. The fourth-order valence-corrected chi connectivity index (χ4v) is 5.01. The van der Waals surface area contributed by atoms with E-state index < -0.39 is 0 Å². The molecule has 0 aromatic rings. The van der Waals surface area contributed by atoms with Gasteiger partial charge in [0.25, 0.3) is 6.98 Å².